The quantitative estimate of drug-likeness (QED) is 0.753. The zero-order chi connectivity index (χ0) is 12.5. The van der Waals surface area contributed by atoms with Crippen molar-refractivity contribution in [1.29, 1.82) is 0 Å². The van der Waals surface area contributed by atoms with E-state index >= 15 is 0 Å². The minimum atomic E-state index is 0.327. The van der Waals surface area contributed by atoms with Gasteiger partial charge in [0.25, 0.3) is 0 Å². The lowest BCUT2D eigenvalue weighted by atomic mass is 10.2. The van der Waals surface area contributed by atoms with Crippen LogP contribution in [0.5, 0.6) is 0 Å². The van der Waals surface area contributed by atoms with Crippen molar-refractivity contribution in [3.05, 3.63) is 35.9 Å². The summed E-state index contributed by atoms with van der Waals surface area (Å²) in [7, 11) is 0. The molecular weight excluding hydrogens is 226 g/mol. The van der Waals surface area contributed by atoms with Gasteiger partial charge in [-0.3, -0.25) is 0 Å². The Morgan fingerprint density at radius 1 is 1.28 bits per heavy atom. The van der Waals surface area contributed by atoms with Gasteiger partial charge in [0.1, 0.15) is 0 Å². The van der Waals surface area contributed by atoms with E-state index in [1.165, 1.54) is 5.56 Å². The van der Waals surface area contributed by atoms with Gasteiger partial charge in [0.05, 0.1) is 12.7 Å². The Labute approximate surface area is 109 Å². The molecule has 1 heterocycles. The van der Waals surface area contributed by atoms with Crippen LogP contribution >= 0.6 is 0 Å². The van der Waals surface area contributed by atoms with Gasteiger partial charge in [-0.05, 0) is 31.4 Å². The van der Waals surface area contributed by atoms with Crippen molar-refractivity contribution < 1.29 is 9.47 Å². The molecule has 1 N–H and O–H groups in total. The molecular formula is C15H23NO2. The van der Waals surface area contributed by atoms with Crippen molar-refractivity contribution >= 4 is 0 Å². The Balaban J connectivity index is 1.46. The Hall–Kier alpha value is -0.900. The van der Waals surface area contributed by atoms with Crippen LogP contribution in [0.4, 0.5) is 0 Å². The number of ether oxygens (including phenoxy) is 2. The largest absolute Gasteiger partial charge is 0.379 e. The summed E-state index contributed by atoms with van der Waals surface area (Å²) in [6, 6.07) is 10.5. The van der Waals surface area contributed by atoms with Gasteiger partial charge in [0, 0.05) is 19.8 Å². The molecule has 0 saturated carbocycles. The van der Waals surface area contributed by atoms with Crippen LogP contribution in [0, 0.1) is 0 Å². The summed E-state index contributed by atoms with van der Waals surface area (Å²) >= 11 is 0. The Kier molecular flexibility index (Phi) is 6.20. The Morgan fingerprint density at radius 3 is 2.94 bits per heavy atom. The number of rotatable bonds is 7. The lowest BCUT2D eigenvalue weighted by molar-refractivity contribution is -0.0502. The van der Waals surface area contributed by atoms with E-state index in [0.717, 1.165) is 52.2 Å². The van der Waals surface area contributed by atoms with Gasteiger partial charge in [-0.25, -0.2) is 0 Å². The van der Waals surface area contributed by atoms with Gasteiger partial charge in [-0.1, -0.05) is 30.3 Å². The summed E-state index contributed by atoms with van der Waals surface area (Å²) in [5.74, 6) is 0. The highest BCUT2D eigenvalue weighted by Gasteiger charge is 2.13. The van der Waals surface area contributed by atoms with Gasteiger partial charge in [-0.15, -0.1) is 0 Å². The zero-order valence-corrected chi connectivity index (χ0v) is 10.9. The molecule has 0 aliphatic carbocycles. The van der Waals surface area contributed by atoms with Crippen molar-refractivity contribution in [2.24, 2.45) is 0 Å². The molecule has 0 radical (unpaired) electrons. The lowest BCUT2D eigenvalue weighted by Crippen LogP contribution is -2.26. The van der Waals surface area contributed by atoms with E-state index in [0.29, 0.717) is 6.10 Å². The molecule has 2 rings (SSSR count). The molecule has 0 aromatic heterocycles. The van der Waals surface area contributed by atoms with Gasteiger partial charge >= 0.3 is 0 Å². The monoisotopic (exact) mass is 249 g/mol. The molecule has 0 spiro atoms. The van der Waals surface area contributed by atoms with Crippen LogP contribution < -0.4 is 5.32 Å². The third-order valence-corrected chi connectivity index (χ3v) is 3.14. The molecule has 1 aromatic rings. The molecule has 1 aromatic carbocycles. The fourth-order valence-corrected chi connectivity index (χ4v) is 2.12. The maximum absolute atomic E-state index is 5.77. The number of hydrogen-bond acceptors (Lipinski definition) is 3. The smallest absolute Gasteiger partial charge is 0.0809 e. The molecule has 3 heteroatoms. The van der Waals surface area contributed by atoms with Crippen LogP contribution in [0.15, 0.2) is 30.3 Å². The topological polar surface area (TPSA) is 30.5 Å². The van der Waals surface area contributed by atoms with E-state index in [2.05, 4.69) is 29.6 Å². The van der Waals surface area contributed by atoms with Crippen molar-refractivity contribution in [3.8, 4) is 0 Å². The second-order valence-corrected chi connectivity index (χ2v) is 4.73. The van der Waals surface area contributed by atoms with Crippen molar-refractivity contribution in [1.82, 2.24) is 5.32 Å². The van der Waals surface area contributed by atoms with E-state index in [4.69, 9.17) is 9.47 Å². The van der Waals surface area contributed by atoms with Crippen LogP contribution in [-0.4, -0.2) is 32.5 Å². The van der Waals surface area contributed by atoms with Crippen LogP contribution in [0.25, 0.3) is 0 Å². The summed E-state index contributed by atoms with van der Waals surface area (Å²) in [4.78, 5) is 0. The van der Waals surface area contributed by atoms with E-state index < -0.39 is 0 Å². The molecule has 1 fully saturated rings. The molecule has 1 aliphatic rings. The van der Waals surface area contributed by atoms with E-state index in [1.54, 1.807) is 0 Å². The number of nitrogens with one attached hydrogen (secondary N) is 1. The average Bonchev–Trinajstić information content (AvgIpc) is 2.45. The van der Waals surface area contributed by atoms with Crippen LogP contribution in [0.3, 0.4) is 0 Å². The van der Waals surface area contributed by atoms with E-state index in [9.17, 15) is 0 Å². The zero-order valence-electron chi connectivity index (χ0n) is 10.9. The van der Waals surface area contributed by atoms with Crippen LogP contribution in [0.1, 0.15) is 24.8 Å². The molecule has 0 amide bonds. The SMILES string of the molecule is c1ccc(CNCCCOC2CCCOC2)cc1. The highest BCUT2D eigenvalue weighted by Crippen LogP contribution is 2.09. The third-order valence-electron chi connectivity index (χ3n) is 3.14. The highest BCUT2D eigenvalue weighted by molar-refractivity contribution is 5.14. The fourth-order valence-electron chi connectivity index (χ4n) is 2.12. The molecule has 1 aliphatic heterocycles. The number of benzene rings is 1. The molecule has 18 heavy (non-hydrogen) atoms. The van der Waals surface area contributed by atoms with Crippen molar-refractivity contribution in [2.45, 2.75) is 31.9 Å². The number of hydrogen-bond donors (Lipinski definition) is 1. The minimum absolute atomic E-state index is 0.327. The summed E-state index contributed by atoms with van der Waals surface area (Å²) in [5, 5.41) is 3.43. The lowest BCUT2D eigenvalue weighted by Gasteiger charge is -2.22. The van der Waals surface area contributed by atoms with Crippen molar-refractivity contribution in [3.63, 3.8) is 0 Å². The fraction of sp³-hybridized carbons (Fsp3) is 0.600. The molecule has 1 saturated heterocycles. The minimum Gasteiger partial charge on any atom is -0.379 e. The second kappa shape index (κ2) is 8.25. The summed E-state index contributed by atoms with van der Waals surface area (Å²) in [6.45, 7) is 4.45. The first kappa shape index (κ1) is 13.5. The molecule has 1 atom stereocenters. The Bertz CT molecular complexity index is 310. The van der Waals surface area contributed by atoms with Gasteiger partial charge in [-0.2, -0.15) is 0 Å². The standard InChI is InChI=1S/C15H23NO2/c1-2-6-14(7-3-1)12-16-9-5-11-18-15-8-4-10-17-13-15/h1-3,6-7,15-16H,4-5,8-13H2. The first-order valence-corrected chi connectivity index (χ1v) is 6.89. The maximum Gasteiger partial charge on any atom is 0.0809 e. The van der Waals surface area contributed by atoms with Gasteiger partial charge < -0.3 is 14.8 Å². The predicted octanol–water partition coefficient (Wildman–Crippen LogP) is 2.36. The molecule has 100 valence electrons. The molecule has 0 bridgehead atoms. The highest BCUT2D eigenvalue weighted by atomic mass is 16.5. The second-order valence-electron chi connectivity index (χ2n) is 4.73. The van der Waals surface area contributed by atoms with Crippen LogP contribution in [-0.2, 0) is 16.0 Å². The maximum atomic E-state index is 5.77. The van der Waals surface area contributed by atoms with E-state index in [-0.39, 0.29) is 0 Å². The third kappa shape index (κ3) is 5.17. The van der Waals surface area contributed by atoms with Crippen LogP contribution in [0.2, 0.25) is 0 Å². The van der Waals surface area contributed by atoms with Crippen molar-refractivity contribution in [2.75, 3.05) is 26.4 Å². The average molecular weight is 249 g/mol. The predicted molar refractivity (Wildman–Crippen MR) is 72.6 cm³/mol. The Morgan fingerprint density at radius 2 is 2.17 bits per heavy atom. The van der Waals surface area contributed by atoms with E-state index in [1.807, 2.05) is 6.07 Å². The summed E-state index contributed by atoms with van der Waals surface area (Å²) in [5.41, 5.74) is 1.33. The van der Waals surface area contributed by atoms with Gasteiger partial charge in [0.15, 0.2) is 0 Å². The normalized spacial score (nSPS) is 19.9. The molecule has 1 unspecified atom stereocenters. The first-order chi connectivity index (χ1) is 8.95. The summed E-state index contributed by atoms with van der Waals surface area (Å²) in [6.07, 6.45) is 3.67. The first-order valence-electron chi connectivity index (χ1n) is 6.89. The van der Waals surface area contributed by atoms with Gasteiger partial charge in [0.2, 0.25) is 0 Å². The molecule has 3 nitrogen and oxygen atoms in total. The summed E-state index contributed by atoms with van der Waals surface area (Å²) < 4.78 is 11.1.